The van der Waals surface area contributed by atoms with Gasteiger partial charge in [0.1, 0.15) is 11.9 Å². The van der Waals surface area contributed by atoms with E-state index in [0.29, 0.717) is 0 Å². The van der Waals surface area contributed by atoms with Gasteiger partial charge in [0.2, 0.25) is 0 Å². The van der Waals surface area contributed by atoms with E-state index in [9.17, 15) is 0 Å². The third kappa shape index (κ3) is 1.44. The van der Waals surface area contributed by atoms with Crippen molar-refractivity contribution in [3.8, 4) is 5.75 Å². The molecule has 0 aromatic heterocycles. The molecule has 0 radical (unpaired) electrons. The monoisotopic (exact) mass is 204 g/mol. The van der Waals surface area contributed by atoms with E-state index in [1.165, 1.54) is 36.0 Å². The van der Waals surface area contributed by atoms with Gasteiger partial charge in [-0.3, -0.25) is 0 Å². The van der Waals surface area contributed by atoms with Crippen LogP contribution in [0, 0.1) is 0 Å². The van der Waals surface area contributed by atoms with Crippen molar-refractivity contribution >= 4 is 0 Å². The minimum Gasteiger partial charge on any atom is -0.487 e. The van der Waals surface area contributed by atoms with Gasteiger partial charge in [0, 0.05) is 6.42 Å². The Morgan fingerprint density at radius 3 is 2.87 bits per heavy atom. The van der Waals surface area contributed by atoms with Crippen molar-refractivity contribution in [3.05, 3.63) is 28.8 Å². The Balaban J connectivity index is 2.02. The molecule has 0 saturated heterocycles. The minimum absolute atomic E-state index is 0.00609. The number of rotatable bonds is 1. The number of aryl methyl sites for hydroxylation is 1. The average Bonchev–Trinajstić information content (AvgIpc) is 2.72. The van der Waals surface area contributed by atoms with Crippen LogP contribution in [-0.4, -0.2) is 17.8 Å². The Morgan fingerprint density at radius 1 is 1.20 bits per heavy atom. The lowest BCUT2D eigenvalue weighted by Crippen LogP contribution is -2.17. The highest BCUT2D eigenvalue weighted by molar-refractivity contribution is 5.50. The van der Waals surface area contributed by atoms with Crippen LogP contribution in [0.2, 0.25) is 0 Å². The molecule has 1 aliphatic heterocycles. The molecule has 0 bridgehead atoms. The first-order chi connectivity index (χ1) is 7.38. The number of hydrogen-bond donors (Lipinski definition) is 1. The first-order valence-corrected chi connectivity index (χ1v) is 5.79. The fraction of sp³-hybridized carbons (Fsp3) is 0.538. The molecular formula is C13H16O2. The van der Waals surface area contributed by atoms with E-state index in [2.05, 4.69) is 12.1 Å². The third-order valence-electron chi connectivity index (χ3n) is 3.50. The van der Waals surface area contributed by atoms with E-state index in [0.717, 1.165) is 18.6 Å². The summed E-state index contributed by atoms with van der Waals surface area (Å²) in [6, 6.07) is 4.42. The normalized spacial score (nSPS) is 23.1. The van der Waals surface area contributed by atoms with Gasteiger partial charge in [-0.2, -0.15) is 0 Å². The van der Waals surface area contributed by atoms with Crippen LogP contribution < -0.4 is 4.74 Å². The molecule has 2 heteroatoms. The van der Waals surface area contributed by atoms with Crippen molar-refractivity contribution in [1.82, 2.24) is 0 Å². The molecule has 1 aromatic carbocycles. The predicted octanol–water partition coefficient (Wildman–Crippen LogP) is 1.86. The topological polar surface area (TPSA) is 29.5 Å². The van der Waals surface area contributed by atoms with Crippen molar-refractivity contribution in [2.75, 3.05) is 6.61 Å². The van der Waals surface area contributed by atoms with Crippen molar-refractivity contribution in [2.24, 2.45) is 0 Å². The molecule has 0 spiro atoms. The number of fused-ring (bicyclic) bond motifs is 3. The van der Waals surface area contributed by atoms with Gasteiger partial charge >= 0.3 is 0 Å². The van der Waals surface area contributed by atoms with Crippen LogP contribution in [0.4, 0.5) is 0 Å². The molecule has 1 atom stereocenters. The molecule has 15 heavy (non-hydrogen) atoms. The van der Waals surface area contributed by atoms with Crippen molar-refractivity contribution in [2.45, 2.75) is 38.2 Å². The predicted molar refractivity (Wildman–Crippen MR) is 58.3 cm³/mol. The molecule has 0 fully saturated rings. The number of benzene rings is 1. The smallest absolute Gasteiger partial charge is 0.126 e. The van der Waals surface area contributed by atoms with Gasteiger partial charge in [0.05, 0.1) is 6.61 Å². The highest BCUT2D eigenvalue weighted by Gasteiger charge is 2.26. The molecule has 2 nitrogen and oxygen atoms in total. The standard InChI is InChI=1S/C13H16O2/c14-8-11-7-10-6-5-9-3-1-2-4-12(9)13(10)15-11/h5-6,11,14H,1-4,7-8H2/t11-/m1/s1. The summed E-state index contributed by atoms with van der Waals surface area (Å²) in [6.07, 6.45) is 5.78. The molecule has 2 aliphatic rings. The van der Waals surface area contributed by atoms with E-state index >= 15 is 0 Å². The summed E-state index contributed by atoms with van der Waals surface area (Å²) < 4.78 is 5.80. The fourth-order valence-electron chi connectivity index (χ4n) is 2.71. The van der Waals surface area contributed by atoms with Gasteiger partial charge in [-0.15, -0.1) is 0 Å². The van der Waals surface area contributed by atoms with Crippen LogP contribution in [0.5, 0.6) is 5.75 Å². The minimum atomic E-state index is -0.00609. The van der Waals surface area contributed by atoms with Crippen LogP contribution in [0.3, 0.4) is 0 Å². The van der Waals surface area contributed by atoms with Crippen molar-refractivity contribution in [3.63, 3.8) is 0 Å². The molecule has 80 valence electrons. The molecule has 1 N–H and O–H groups in total. The van der Waals surface area contributed by atoms with Crippen LogP contribution >= 0.6 is 0 Å². The Bertz CT molecular complexity index is 384. The Morgan fingerprint density at radius 2 is 2.00 bits per heavy atom. The Hall–Kier alpha value is -1.02. The van der Waals surface area contributed by atoms with Crippen molar-refractivity contribution in [1.29, 1.82) is 0 Å². The largest absolute Gasteiger partial charge is 0.487 e. The zero-order chi connectivity index (χ0) is 10.3. The highest BCUT2D eigenvalue weighted by Crippen LogP contribution is 2.37. The number of ether oxygens (including phenoxy) is 1. The van der Waals surface area contributed by atoms with Gasteiger partial charge in [0.15, 0.2) is 0 Å². The van der Waals surface area contributed by atoms with Crippen LogP contribution in [0.15, 0.2) is 12.1 Å². The van der Waals surface area contributed by atoms with E-state index in [1.54, 1.807) is 0 Å². The maximum Gasteiger partial charge on any atom is 0.126 e. The van der Waals surface area contributed by atoms with Gasteiger partial charge in [-0.1, -0.05) is 12.1 Å². The highest BCUT2D eigenvalue weighted by atomic mass is 16.5. The lowest BCUT2D eigenvalue weighted by molar-refractivity contribution is 0.133. The number of hydrogen-bond acceptors (Lipinski definition) is 2. The first-order valence-electron chi connectivity index (χ1n) is 5.79. The molecule has 1 aromatic rings. The molecule has 1 heterocycles. The summed E-state index contributed by atoms with van der Waals surface area (Å²) in [5, 5.41) is 9.12. The van der Waals surface area contributed by atoms with Gasteiger partial charge in [0.25, 0.3) is 0 Å². The molecular weight excluding hydrogens is 188 g/mol. The van der Waals surface area contributed by atoms with E-state index in [1.807, 2.05) is 0 Å². The lowest BCUT2D eigenvalue weighted by Gasteiger charge is -2.18. The van der Waals surface area contributed by atoms with Crippen LogP contribution in [0.1, 0.15) is 29.5 Å². The summed E-state index contributed by atoms with van der Waals surface area (Å²) in [4.78, 5) is 0. The Kier molecular flexibility index (Phi) is 2.17. The summed E-state index contributed by atoms with van der Waals surface area (Å²) in [5.74, 6) is 1.09. The number of aliphatic hydroxyl groups is 1. The molecule has 3 rings (SSSR count). The molecule has 0 unspecified atom stereocenters. The summed E-state index contributed by atoms with van der Waals surface area (Å²) in [7, 11) is 0. The van der Waals surface area contributed by atoms with Crippen molar-refractivity contribution < 1.29 is 9.84 Å². The van der Waals surface area contributed by atoms with E-state index in [4.69, 9.17) is 9.84 Å². The maximum atomic E-state index is 9.12. The third-order valence-corrected chi connectivity index (χ3v) is 3.50. The lowest BCUT2D eigenvalue weighted by atomic mass is 9.89. The second kappa shape index (κ2) is 3.53. The molecule has 1 aliphatic carbocycles. The summed E-state index contributed by atoms with van der Waals surface area (Å²) in [6.45, 7) is 0.128. The molecule has 0 saturated carbocycles. The molecule has 0 amide bonds. The SMILES string of the molecule is OC[C@H]1Cc2ccc3c(c2O1)CCCC3. The quantitative estimate of drug-likeness (QED) is 0.756. The van der Waals surface area contributed by atoms with Gasteiger partial charge in [-0.05, 0) is 42.4 Å². The van der Waals surface area contributed by atoms with Crippen LogP contribution in [-0.2, 0) is 19.3 Å². The zero-order valence-corrected chi connectivity index (χ0v) is 8.83. The average molecular weight is 204 g/mol. The van der Waals surface area contributed by atoms with Crippen LogP contribution in [0.25, 0.3) is 0 Å². The van der Waals surface area contributed by atoms with E-state index < -0.39 is 0 Å². The summed E-state index contributed by atoms with van der Waals surface area (Å²) in [5.41, 5.74) is 4.16. The number of aliphatic hydroxyl groups excluding tert-OH is 1. The first kappa shape index (κ1) is 9.22. The summed E-state index contributed by atoms with van der Waals surface area (Å²) >= 11 is 0. The van der Waals surface area contributed by atoms with Gasteiger partial charge < -0.3 is 9.84 Å². The zero-order valence-electron chi connectivity index (χ0n) is 8.83. The fourth-order valence-corrected chi connectivity index (χ4v) is 2.71. The Labute approximate surface area is 89.9 Å². The second-order valence-corrected chi connectivity index (χ2v) is 4.53. The van der Waals surface area contributed by atoms with E-state index in [-0.39, 0.29) is 12.7 Å². The maximum absolute atomic E-state index is 9.12. The van der Waals surface area contributed by atoms with Gasteiger partial charge in [-0.25, -0.2) is 0 Å². The second-order valence-electron chi connectivity index (χ2n) is 4.53.